The molecule has 1 atom stereocenters. The quantitative estimate of drug-likeness (QED) is 0.833. The van der Waals surface area contributed by atoms with Crippen molar-refractivity contribution in [2.75, 3.05) is 32.1 Å². The van der Waals surface area contributed by atoms with E-state index in [1.807, 2.05) is 0 Å². The van der Waals surface area contributed by atoms with E-state index < -0.39 is 5.97 Å². The van der Waals surface area contributed by atoms with Crippen molar-refractivity contribution in [3.8, 4) is 0 Å². The first kappa shape index (κ1) is 11.0. The van der Waals surface area contributed by atoms with Gasteiger partial charge in [0.25, 0.3) is 0 Å². The molecule has 0 aromatic carbocycles. The summed E-state index contributed by atoms with van der Waals surface area (Å²) in [5, 5.41) is 8.76. The van der Waals surface area contributed by atoms with E-state index in [1.54, 1.807) is 6.07 Å². The molecule has 1 aliphatic heterocycles. The molecule has 16 heavy (non-hydrogen) atoms. The van der Waals surface area contributed by atoms with Gasteiger partial charge in [-0.25, -0.2) is 4.79 Å². The van der Waals surface area contributed by atoms with Gasteiger partial charge in [-0.2, -0.15) is 0 Å². The van der Waals surface area contributed by atoms with Gasteiger partial charge in [0.2, 0.25) is 5.76 Å². The van der Waals surface area contributed by atoms with Crippen molar-refractivity contribution in [2.24, 2.45) is 0 Å². The third kappa shape index (κ3) is 2.04. The lowest BCUT2D eigenvalue weighted by atomic mass is 10.2. The molecule has 0 aliphatic carbocycles. The predicted molar refractivity (Wildman–Crippen MR) is 60.0 cm³/mol. The van der Waals surface area contributed by atoms with Crippen LogP contribution in [0.3, 0.4) is 0 Å². The Hall–Kier alpha value is -1.49. The van der Waals surface area contributed by atoms with Crippen molar-refractivity contribution in [3.63, 3.8) is 0 Å². The van der Waals surface area contributed by atoms with Crippen molar-refractivity contribution >= 4 is 11.9 Å². The molecular formula is C11H16N2O3. The second-order valence-electron chi connectivity index (χ2n) is 4.30. The first-order valence-corrected chi connectivity index (χ1v) is 5.32. The SMILES string of the molecule is CN(C)C1CCN(c2ccc(C(=O)O)o2)C1. The average molecular weight is 224 g/mol. The molecule has 0 amide bonds. The Kier molecular flexibility index (Phi) is 2.87. The van der Waals surface area contributed by atoms with Crippen LogP contribution < -0.4 is 4.90 Å². The Morgan fingerprint density at radius 3 is 2.81 bits per heavy atom. The molecular weight excluding hydrogens is 208 g/mol. The molecule has 0 bridgehead atoms. The Bertz CT molecular complexity index is 386. The molecule has 5 heteroatoms. The van der Waals surface area contributed by atoms with E-state index in [9.17, 15) is 4.79 Å². The zero-order valence-electron chi connectivity index (χ0n) is 9.51. The highest BCUT2D eigenvalue weighted by Crippen LogP contribution is 2.24. The van der Waals surface area contributed by atoms with Crippen molar-refractivity contribution in [1.82, 2.24) is 4.90 Å². The van der Waals surface area contributed by atoms with Gasteiger partial charge < -0.3 is 19.3 Å². The van der Waals surface area contributed by atoms with Gasteiger partial charge in [0.1, 0.15) is 0 Å². The number of carbonyl (C=O) groups is 1. The maximum atomic E-state index is 10.7. The summed E-state index contributed by atoms with van der Waals surface area (Å²) < 4.78 is 5.26. The van der Waals surface area contributed by atoms with Crippen LogP contribution in [0.4, 0.5) is 5.88 Å². The standard InChI is InChI=1S/C11H16N2O3/c1-12(2)8-5-6-13(7-8)10-4-3-9(16-10)11(14)15/h3-4,8H,5-7H2,1-2H3,(H,14,15). The van der Waals surface area contributed by atoms with Crippen LogP contribution in [-0.4, -0.2) is 49.2 Å². The van der Waals surface area contributed by atoms with Crippen molar-refractivity contribution in [3.05, 3.63) is 17.9 Å². The van der Waals surface area contributed by atoms with E-state index in [1.165, 1.54) is 6.07 Å². The van der Waals surface area contributed by atoms with E-state index in [4.69, 9.17) is 9.52 Å². The molecule has 1 aromatic rings. The number of carboxylic acid groups (broad SMARTS) is 1. The van der Waals surface area contributed by atoms with E-state index in [0.717, 1.165) is 19.5 Å². The van der Waals surface area contributed by atoms with Crippen molar-refractivity contribution in [2.45, 2.75) is 12.5 Å². The fourth-order valence-corrected chi connectivity index (χ4v) is 1.98. The van der Waals surface area contributed by atoms with Crippen LogP contribution in [-0.2, 0) is 0 Å². The van der Waals surface area contributed by atoms with Gasteiger partial charge in [-0.15, -0.1) is 0 Å². The summed E-state index contributed by atoms with van der Waals surface area (Å²) in [7, 11) is 4.11. The predicted octanol–water partition coefficient (Wildman–Crippen LogP) is 1.12. The second kappa shape index (κ2) is 4.17. The third-order valence-corrected chi connectivity index (χ3v) is 3.01. The van der Waals surface area contributed by atoms with Crippen LogP contribution >= 0.6 is 0 Å². The fourth-order valence-electron chi connectivity index (χ4n) is 1.98. The van der Waals surface area contributed by atoms with E-state index in [2.05, 4.69) is 23.9 Å². The molecule has 1 saturated heterocycles. The van der Waals surface area contributed by atoms with Crippen LogP contribution in [0.25, 0.3) is 0 Å². The largest absolute Gasteiger partial charge is 0.475 e. The summed E-state index contributed by atoms with van der Waals surface area (Å²) in [6.45, 7) is 1.80. The van der Waals surface area contributed by atoms with Gasteiger partial charge in [0.05, 0.1) is 0 Å². The monoisotopic (exact) mass is 224 g/mol. The zero-order chi connectivity index (χ0) is 11.7. The number of likely N-dealkylation sites (N-methyl/N-ethyl adjacent to an activating group) is 1. The van der Waals surface area contributed by atoms with Gasteiger partial charge >= 0.3 is 5.97 Å². The summed E-state index contributed by atoms with van der Waals surface area (Å²) in [5.74, 6) is -0.361. The molecule has 0 saturated carbocycles. The number of hydrogen-bond acceptors (Lipinski definition) is 4. The molecule has 1 aliphatic rings. The number of carboxylic acids is 1. The summed E-state index contributed by atoms with van der Waals surface area (Å²) in [6, 6.07) is 3.74. The molecule has 1 unspecified atom stereocenters. The van der Waals surface area contributed by atoms with Gasteiger partial charge in [0.15, 0.2) is 5.88 Å². The van der Waals surface area contributed by atoms with Crippen molar-refractivity contribution in [1.29, 1.82) is 0 Å². The van der Waals surface area contributed by atoms with E-state index in [-0.39, 0.29) is 5.76 Å². The molecule has 0 spiro atoms. The number of anilines is 1. The maximum Gasteiger partial charge on any atom is 0.371 e. The Labute approximate surface area is 94.2 Å². The second-order valence-corrected chi connectivity index (χ2v) is 4.30. The smallest absolute Gasteiger partial charge is 0.371 e. The van der Waals surface area contributed by atoms with Gasteiger partial charge in [-0.3, -0.25) is 0 Å². The molecule has 1 N–H and O–H groups in total. The topological polar surface area (TPSA) is 56.9 Å². The molecule has 1 aromatic heterocycles. The molecule has 1 fully saturated rings. The zero-order valence-corrected chi connectivity index (χ0v) is 9.51. The van der Waals surface area contributed by atoms with Gasteiger partial charge in [-0.05, 0) is 26.6 Å². The first-order valence-electron chi connectivity index (χ1n) is 5.32. The Morgan fingerprint density at radius 2 is 2.31 bits per heavy atom. The summed E-state index contributed by atoms with van der Waals surface area (Å²) >= 11 is 0. The highest BCUT2D eigenvalue weighted by Gasteiger charge is 2.26. The lowest BCUT2D eigenvalue weighted by Crippen LogP contribution is -2.31. The highest BCUT2D eigenvalue weighted by atomic mass is 16.4. The molecule has 2 rings (SSSR count). The van der Waals surface area contributed by atoms with Crippen LogP contribution in [0.1, 0.15) is 17.0 Å². The van der Waals surface area contributed by atoms with Gasteiger partial charge in [0, 0.05) is 25.2 Å². The normalized spacial score (nSPS) is 20.7. The van der Waals surface area contributed by atoms with Crippen LogP contribution in [0.15, 0.2) is 16.5 Å². The van der Waals surface area contributed by atoms with E-state index >= 15 is 0 Å². The lowest BCUT2D eigenvalue weighted by Gasteiger charge is -2.19. The number of rotatable bonds is 3. The molecule has 88 valence electrons. The number of aromatic carboxylic acids is 1. The van der Waals surface area contributed by atoms with Crippen LogP contribution in [0.5, 0.6) is 0 Å². The van der Waals surface area contributed by atoms with Gasteiger partial charge in [-0.1, -0.05) is 0 Å². The summed E-state index contributed by atoms with van der Waals surface area (Å²) in [4.78, 5) is 14.9. The number of nitrogens with zero attached hydrogens (tertiary/aromatic N) is 2. The molecule has 5 nitrogen and oxygen atoms in total. The Balaban J connectivity index is 2.06. The third-order valence-electron chi connectivity index (χ3n) is 3.01. The highest BCUT2D eigenvalue weighted by molar-refractivity contribution is 5.84. The van der Waals surface area contributed by atoms with Crippen molar-refractivity contribution < 1.29 is 14.3 Å². The molecule has 0 radical (unpaired) electrons. The van der Waals surface area contributed by atoms with Crippen LogP contribution in [0, 0.1) is 0 Å². The number of furan rings is 1. The Morgan fingerprint density at radius 1 is 1.56 bits per heavy atom. The minimum Gasteiger partial charge on any atom is -0.475 e. The van der Waals surface area contributed by atoms with Crippen LogP contribution in [0.2, 0.25) is 0 Å². The van der Waals surface area contributed by atoms with E-state index in [0.29, 0.717) is 11.9 Å². The minimum atomic E-state index is -1.02. The first-order chi connectivity index (χ1) is 7.58. The number of hydrogen-bond donors (Lipinski definition) is 1. The lowest BCUT2D eigenvalue weighted by molar-refractivity contribution is 0.0663. The minimum absolute atomic E-state index is 0.00306. The fraction of sp³-hybridized carbons (Fsp3) is 0.545. The average Bonchev–Trinajstić information content (AvgIpc) is 2.86. The maximum absolute atomic E-state index is 10.7. The summed E-state index contributed by atoms with van der Waals surface area (Å²) in [5.41, 5.74) is 0. The summed E-state index contributed by atoms with van der Waals surface area (Å²) in [6.07, 6.45) is 1.08. The molecule has 2 heterocycles.